The zero-order valence-corrected chi connectivity index (χ0v) is 15.5. The number of hydrogen-bond acceptors (Lipinski definition) is 5. The van der Waals surface area contributed by atoms with Crippen LogP contribution in [0.25, 0.3) is 0 Å². The number of hydrogen-bond donors (Lipinski definition) is 2. The first-order chi connectivity index (χ1) is 12.1. The van der Waals surface area contributed by atoms with Crippen LogP contribution in [0.4, 0.5) is 11.4 Å². The maximum Gasteiger partial charge on any atom is 0.289 e. The molecule has 2 aromatic carbocycles. The number of nitrogens with zero attached hydrogens (tertiary/aromatic N) is 1. The summed E-state index contributed by atoms with van der Waals surface area (Å²) in [4.78, 5) is 21.8. The van der Waals surface area contributed by atoms with E-state index < -0.39 is 33.1 Å². The van der Waals surface area contributed by atoms with Gasteiger partial charge in [-0.3, -0.25) is 14.9 Å². The van der Waals surface area contributed by atoms with Crippen LogP contribution in [-0.2, 0) is 14.8 Å². The molecule has 2 rings (SSSR count). The monoisotopic (exact) mass is 397 g/mol. The van der Waals surface area contributed by atoms with Gasteiger partial charge in [-0.05, 0) is 43.2 Å². The van der Waals surface area contributed by atoms with Gasteiger partial charge in [-0.25, -0.2) is 13.1 Å². The molecule has 2 N–H and O–H groups in total. The second-order valence-electron chi connectivity index (χ2n) is 5.49. The minimum atomic E-state index is -4.11. The highest BCUT2D eigenvalue weighted by atomic mass is 35.5. The normalized spacial score (nSPS) is 11.2. The van der Waals surface area contributed by atoms with E-state index in [0.717, 1.165) is 29.3 Å². The van der Waals surface area contributed by atoms with Crippen LogP contribution in [0.3, 0.4) is 0 Å². The Labute approximate surface area is 155 Å². The first-order valence-corrected chi connectivity index (χ1v) is 9.27. The summed E-state index contributed by atoms with van der Waals surface area (Å²) < 4.78 is 26.6. The van der Waals surface area contributed by atoms with Crippen LogP contribution in [0.1, 0.15) is 11.1 Å². The summed E-state index contributed by atoms with van der Waals surface area (Å²) in [6.45, 7) is 3.20. The third-order valence-electron chi connectivity index (χ3n) is 3.73. The van der Waals surface area contributed by atoms with Gasteiger partial charge >= 0.3 is 0 Å². The SMILES string of the molecule is Cc1cccc(NC(=O)CNS(=O)(=O)c2ccc(Cl)c([N+](=O)[O-])c2)c1C. The molecule has 0 saturated carbocycles. The zero-order valence-electron chi connectivity index (χ0n) is 13.9. The second kappa shape index (κ2) is 7.81. The van der Waals surface area contributed by atoms with Crippen LogP contribution in [0.5, 0.6) is 0 Å². The molecule has 0 radical (unpaired) electrons. The van der Waals surface area contributed by atoms with Gasteiger partial charge in [-0.15, -0.1) is 0 Å². The van der Waals surface area contributed by atoms with Crippen LogP contribution in [-0.4, -0.2) is 25.8 Å². The number of rotatable bonds is 6. The van der Waals surface area contributed by atoms with Crippen molar-refractivity contribution in [2.45, 2.75) is 18.7 Å². The summed E-state index contributed by atoms with van der Waals surface area (Å²) in [5.74, 6) is -0.564. The molecule has 0 aromatic heterocycles. The van der Waals surface area contributed by atoms with Crippen molar-refractivity contribution in [2.75, 3.05) is 11.9 Å². The first kappa shape index (κ1) is 19.8. The van der Waals surface area contributed by atoms with Crippen LogP contribution < -0.4 is 10.0 Å². The van der Waals surface area contributed by atoms with Crippen LogP contribution in [0, 0.1) is 24.0 Å². The smallest absolute Gasteiger partial charge is 0.289 e. The number of carbonyl (C=O) groups excluding carboxylic acids is 1. The Morgan fingerprint density at radius 1 is 1.23 bits per heavy atom. The fraction of sp³-hybridized carbons (Fsp3) is 0.188. The Kier molecular flexibility index (Phi) is 5.96. The second-order valence-corrected chi connectivity index (χ2v) is 7.66. The number of carbonyl (C=O) groups is 1. The van der Waals surface area contributed by atoms with Crippen molar-refractivity contribution in [3.05, 3.63) is 62.7 Å². The van der Waals surface area contributed by atoms with Gasteiger partial charge in [0.05, 0.1) is 16.4 Å². The van der Waals surface area contributed by atoms with E-state index in [1.54, 1.807) is 12.1 Å². The van der Waals surface area contributed by atoms with Gasteiger partial charge in [0.25, 0.3) is 5.69 Å². The van der Waals surface area contributed by atoms with Crippen molar-refractivity contribution in [3.8, 4) is 0 Å². The number of halogens is 1. The van der Waals surface area contributed by atoms with E-state index in [1.165, 1.54) is 0 Å². The molecule has 0 aliphatic heterocycles. The summed E-state index contributed by atoms with van der Waals surface area (Å²) in [7, 11) is -4.11. The standard InChI is InChI=1S/C16H16ClN3O5S/c1-10-4-3-5-14(11(10)2)19-16(21)9-18-26(24,25)12-6-7-13(17)15(8-12)20(22)23/h3-8,18H,9H2,1-2H3,(H,19,21). The van der Waals surface area contributed by atoms with Crippen LogP contribution in [0.2, 0.25) is 5.02 Å². The van der Waals surface area contributed by atoms with E-state index in [-0.39, 0.29) is 9.92 Å². The fourth-order valence-corrected chi connectivity index (χ4v) is 3.31. The number of anilines is 1. The maximum absolute atomic E-state index is 12.2. The Morgan fingerprint density at radius 2 is 1.92 bits per heavy atom. The molecular weight excluding hydrogens is 382 g/mol. The molecule has 0 spiro atoms. The summed E-state index contributed by atoms with van der Waals surface area (Å²) >= 11 is 5.67. The minimum absolute atomic E-state index is 0.179. The maximum atomic E-state index is 12.2. The quantitative estimate of drug-likeness (QED) is 0.573. The predicted octanol–water partition coefficient (Wildman–Crippen LogP) is 2.78. The van der Waals surface area contributed by atoms with Crippen molar-refractivity contribution in [2.24, 2.45) is 0 Å². The predicted molar refractivity (Wildman–Crippen MR) is 97.8 cm³/mol. The van der Waals surface area contributed by atoms with Crippen molar-refractivity contribution in [3.63, 3.8) is 0 Å². The number of aryl methyl sites for hydroxylation is 1. The largest absolute Gasteiger partial charge is 0.325 e. The van der Waals surface area contributed by atoms with Gasteiger partial charge in [0.15, 0.2) is 0 Å². The highest BCUT2D eigenvalue weighted by Gasteiger charge is 2.21. The molecule has 0 bridgehead atoms. The number of nitro groups is 1. The van der Waals surface area contributed by atoms with E-state index in [2.05, 4.69) is 10.0 Å². The van der Waals surface area contributed by atoms with Crippen molar-refractivity contribution < 1.29 is 18.1 Å². The lowest BCUT2D eigenvalue weighted by atomic mass is 10.1. The highest BCUT2D eigenvalue weighted by molar-refractivity contribution is 7.89. The minimum Gasteiger partial charge on any atom is -0.325 e. The molecule has 26 heavy (non-hydrogen) atoms. The molecule has 0 saturated heterocycles. The highest BCUT2D eigenvalue weighted by Crippen LogP contribution is 2.27. The molecule has 1 amide bonds. The molecule has 0 unspecified atom stereocenters. The average molecular weight is 398 g/mol. The molecule has 8 nitrogen and oxygen atoms in total. The Balaban J connectivity index is 2.10. The average Bonchev–Trinajstić information content (AvgIpc) is 2.57. The van der Waals surface area contributed by atoms with Gasteiger partial charge in [-0.1, -0.05) is 23.7 Å². The van der Waals surface area contributed by atoms with Gasteiger partial charge in [0, 0.05) is 11.8 Å². The van der Waals surface area contributed by atoms with E-state index >= 15 is 0 Å². The lowest BCUT2D eigenvalue weighted by molar-refractivity contribution is -0.384. The van der Waals surface area contributed by atoms with E-state index in [1.807, 2.05) is 19.9 Å². The molecule has 10 heteroatoms. The summed E-state index contributed by atoms with van der Waals surface area (Å²) in [6, 6.07) is 8.45. The lowest BCUT2D eigenvalue weighted by Crippen LogP contribution is -2.33. The topological polar surface area (TPSA) is 118 Å². The Bertz CT molecular complexity index is 976. The molecule has 0 fully saturated rings. The van der Waals surface area contributed by atoms with E-state index in [4.69, 9.17) is 11.6 Å². The summed E-state index contributed by atoms with van der Waals surface area (Å²) in [5.41, 5.74) is 1.90. The van der Waals surface area contributed by atoms with Crippen molar-refractivity contribution in [1.29, 1.82) is 0 Å². The van der Waals surface area contributed by atoms with Gasteiger partial charge in [0.2, 0.25) is 15.9 Å². The van der Waals surface area contributed by atoms with Gasteiger partial charge in [0.1, 0.15) is 5.02 Å². The first-order valence-electron chi connectivity index (χ1n) is 7.41. The summed E-state index contributed by atoms with van der Waals surface area (Å²) in [6.07, 6.45) is 0. The number of sulfonamides is 1. The third-order valence-corrected chi connectivity index (χ3v) is 5.44. The Morgan fingerprint density at radius 3 is 2.58 bits per heavy atom. The van der Waals surface area contributed by atoms with Gasteiger partial charge in [-0.2, -0.15) is 0 Å². The third kappa shape index (κ3) is 4.57. The number of nitrogens with one attached hydrogen (secondary N) is 2. The zero-order chi connectivity index (χ0) is 19.5. The summed E-state index contributed by atoms with van der Waals surface area (Å²) in [5, 5.41) is 13.3. The van der Waals surface area contributed by atoms with Crippen LogP contribution >= 0.6 is 11.6 Å². The Hall–Kier alpha value is -2.49. The molecule has 0 heterocycles. The number of benzene rings is 2. The number of amides is 1. The molecule has 0 aliphatic carbocycles. The van der Waals surface area contributed by atoms with Crippen molar-refractivity contribution in [1.82, 2.24) is 4.72 Å². The van der Waals surface area contributed by atoms with Crippen LogP contribution in [0.15, 0.2) is 41.3 Å². The molecule has 138 valence electrons. The van der Waals surface area contributed by atoms with E-state index in [0.29, 0.717) is 5.69 Å². The van der Waals surface area contributed by atoms with E-state index in [9.17, 15) is 23.3 Å². The lowest BCUT2D eigenvalue weighted by Gasteiger charge is -2.11. The fourth-order valence-electron chi connectivity index (χ4n) is 2.12. The van der Waals surface area contributed by atoms with Crippen molar-refractivity contribution >= 4 is 38.9 Å². The molecule has 2 aromatic rings. The molecule has 0 aliphatic rings. The molecular formula is C16H16ClN3O5S. The number of nitro benzene ring substituents is 1. The van der Waals surface area contributed by atoms with Gasteiger partial charge < -0.3 is 5.32 Å². The molecule has 0 atom stereocenters.